The van der Waals surface area contributed by atoms with Crippen molar-refractivity contribution < 1.29 is 9.47 Å². The quantitative estimate of drug-likeness (QED) is 0.820. The van der Waals surface area contributed by atoms with Crippen LogP contribution in [-0.2, 0) is 0 Å². The van der Waals surface area contributed by atoms with E-state index in [4.69, 9.17) is 9.47 Å². The van der Waals surface area contributed by atoms with Crippen LogP contribution in [-0.4, -0.2) is 45.3 Å². The Labute approximate surface area is 158 Å². The minimum absolute atomic E-state index is 0.127. The molecule has 0 spiro atoms. The molecule has 1 unspecified atom stereocenters. The van der Waals surface area contributed by atoms with E-state index in [2.05, 4.69) is 56.5 Å². The Balaban J connectivity index is 2.10. The number of hydrogen-bond donors (Lipinski definition) is 1. The van der Waals surface area contributed by atoms with Gasteiger partial charge in [-0.3, -0.25) is 4.90 Å². The third-order valence-electron chi connectivity index (χ3n) is 4.64. The summed E-state index contributed by atoms with van der Waals surface area (Å²) in [7, 11) is 3.43. The first-order valence-electron chi connectivity index (χ1n) is 8.65. The summed E-state index contributed by atoms with van der Waals surface area (Å²) in [6.07, 6.45) is 1.14. The number of rotatable bonds is 5. The minimum Gasteiger partial charge on any atom is -0.497 e. The summed E-state index contributed by atoms with van der Waals surface area (Å²) >= 11 is 3.62. The zero-order chi connectivity index (χ0) is 17.6. The Hall–Kier alpha value is -1.56. The van der Waals surface area contributed by atoms with Crippen LogP contribution in [0.2, 0.25) is 0 Å². The van der Waals surface area contributed by atoms with Gasteiger partial charge in [0.2, 0.25) is 0 Å². The number of hydrogen-bond acceptors (Lipinski definition) is 4. The minimum atomic E-state index is 0.127. The van der Waals surface area contributed by atoms with Gasteiger partial charge in [0, 0.05) is 29.7 Å². The van der Waals surface area contributed by atoms with Gasteiger partial charge in [-0.15, -0.1) is 0 Å². The van der Waals surface area contributed by atoms with Crippen molar-refractivity contribution in [1.29, 1.82) is 0 Å². The van der Waals surface area contributed by atoms with Gasteiger partial charge in [-0.05, 0) is 48.9 Å². The molecule has 4 nitrogen and oxygen atoms in total. The molecular weight excluding hydrogens is 380 g/mol. The van der Waals surface area contributed by atoms with Crippen molar-refractivity contribution in [3.05, 3.63) is 58.1 Å². The summed E-state index contributed by atoms with van der Waals surface area (Å²) in [5, 5.41) is 3.49. The Morgan fingerprint density at radius 1 is 1.04 bits per heavy atom. The third kappa shape index (κ3) is 4.35. The van der Waals surface area contributed by atoms with Crippen molar-refractivity contribution in [3.63, 3.8) is 0 Å². The van der Waals surface area contributed by atoms with Crippen LogP contribution in [0.4, 0.5) is 0 Å². The average Bonchev–Trinajstić information content (AvgIpc) is 2.91. The monoisotopic (exact) mass is 404 g/mol. The van der Waals surface area contributed by atoms with Crippen LogP contribution in [0, 0.1) is 0 Å². The average molecular weight is 405 g/mol. The number of nitrogens with one attached hydrogen (secondary N) is 1. The predicted octanol–water partition coefficient (Wildman–Crippen LogP) is 3.85. The number of benzene rings is 2. The van der Waals surface area contributed by atoms with E-state index in [0.29, 0.717) is 0 Å². The van der Waals surface area contributed by atoms with Crippen molar-refractivity contribution >= 4 is 15.9 Å². The molecule has 1 fully saturated rings. The Morgan fingerprint density at radius 3 is 2.68 bits per heavy atom. The number of halogens is 1. The van der Waals surface area contributed by atoms with Crippen LogP contribution in [0.15, 0.2) is 46.9 Å². The van der Waals surface area contributed by atoms with Gasteiger partial charge in [0.15, 0.2) is 0 Å². The third-order valence-corrected chi connectivity index (χ3v) is 5.13. The molecule has 1 aliphatic heterocycles. The summed E-state index contributed by atoms with van der Waals surface area (Å²) in [4.78, 5) is 2.53. The van der Waals surface area contributed by atoms with E-state index in [1.165, 1.54) is 5.56 Å². The van der Waals surface area contributed by atoms with Gasteiger partial charge in [0.25, 0.3) is 0 Å². The van der Waals surface area contributed by atoms with Gasteiger partial charge in [-0.2, -0.15) is 0 Å². The SMILES string of the molecule is COc1ccc(OC)c(C(c2cccc(Br)c2)N2CCCNCC2)c1. The standard InChI is InChI=1S/C20H25BrN2O2/c1-24-17-7-8-19(25-2)18(14-17)20(15-5-3-6-16(21)13-15)23-11-4-9-22-10-12-23/h3,5-8,13-14,20,22H,4,9-12H2,1-2H3. The van der Waals surface area contributed by atoms with Gasteiger partial charge >= 0.3 is 0 Å². The summed E-state index contributed by atoms with van der Waals surface area (Å²) < 4.78 is 12.3. The van der Waals surface area contributed by atoms with Crippen LogP contribution >= 0.6 is 15.9 Å². The highest BCUT2D eigenvalue weighted by molar-refractivity contribution is 9.10. The fraction of sp³-hybridized carbons (Fsp3) is 0.400. The molecule has 0 saturated carbocycles. The maximum atomic E-state index is 5.69. The summed E-state index contributed by atoms with van der Waals surface area (Å²) in [6.45, 7) is 4.11. The first-order chi connectivity index (χ1) is 12.2. The molecule has 0 amide bonds. The van der Waals surface area contributed by atoms with Gasteiger partial charge < -0.3 is 14.8 Å². The maximum absolute atomic E-state index is 5.69. The van der Waals surface area contributed by atoms with E-state index >= 15 is 0 Å². The zero-order valence-corrected chi connectivity index (χ0v) is 16.4. The Kier molecular flexibility index (Phi) is 6.34. The van der Waals surface area contributed by atoms with Crippen molar-refractivity contribution in [1.82, 2.24) is 10.2 Å². The summed E-state index contributed by atoms with van der Waals surface area (Å²) in [5.41, 5.74) is 2.39. The van der Waals surface area contributed by atoms with E-state index in [1.54, 1.807) is 14.2 Å². The Morgan fingerprint density at radius 2 is 1.92 bits per heavy atom. The normalized spacial score (nSPS) is 16.9. The fourth-order valence-corrected chi connectivity index (χ4v) is 3.86. The molecule has 1 heterocycles. The topological polar surface area (TPSA) is 33.7 Å². The molecule has 0 bridgehead atoms. The largest absolute Gasteiger partial charge is 0.497 e. The van der Waals surface area contributed by atoms with Crippen molar-refractivity contribution in [2.24, 2.45) is 0 Å². The number of methoxy groups -OCH3 is 2. The van der Waals surface area contributed by atoms with Gasteiger partial charge in [-0.1, -0.05) is 28.1 Å². The molecule has 25 heavy (non-hydrogen) atoms. The van der Waals surface area contributed by atoms with E-state index in [0.717, 1.165) is 54.1 Å². The molecule has 2 aromatic rings. The first-order valence-corrected chi connectivity index (χ1v) is 9.44. The highest BCUT2D eigenvalue weighted by atomic mass is 79.9. The van der Waals surface area contributed by atoms with Crippen LogP contribution in [0.3, 0.4) is 0 Å². The molecular formula is C20H25BrN2O2. The zero-order valence-electron chi connectivity index (χ0n) is 14.8. The van der Waals surface area contributed by atoms with Crippen LogP contribution < -0.4 is 14.8 Å². The first kappa shape index (κ1) is 18.2. The van der Waals surface area contributed by atoms with Gasteiger partial charge in [0.1, 0.15) is 11.5 Å². The molecule has 0 aliphatic carbocycles. The molecule has 0 aromatic heterocycles. The van der Waals surface area contributed by atoms with Crippen LogP contribution in [0.1, 0.15) is 23.6 Å². The smallest absolute Gasteiger partial charge is 0.124 e. The molecule has 2 aromatic carbocycles. The van der Waals surface area contributed by atoms with Crippen LogP contribution in [0.5, 0.6) is 11.5 Å². The Bertz CT molecular complexity index is 700. The molecule has 134 valence electrons. The molecule has 0 radical (unpaired) electrons. The summed E-state index contributed by atoms with van der Waals surface area (Å²) in [6, 6.07) is 14.7. The van der Waals surface area contributed by atoms with Crippen molar-refractivity contribution in [2.75, 3.05) is 40.4 Å². The van der Waals surface area contributed by atoms with Crippen LogP contribution in [0.25, 0.3) is 0 Å². The lowest BCUT2D eigenvalue weighted by Gasteiger charge is -2.32. The fourth-order valence-electron chi connectivity index (χ4n) is 3.44. The second kappa shape index (κ2) is 8.70. The van der Waals surface area contributed by atoms with Gasteiger partial charge in [0.05, 0.1) is 20.3 Å². The molecule has 1 saturated heterocycles. The summed E-state index contributed by atoms with van der Waals surface area (Å²) in [5.74, 6) is 1.74. The second-order valence-electron chi connectivity index (χ2n) is 6.20. The highest BCUT2D eigenvalue weighted by Gasteiger charge is 2.26. The lowest BCUT2D eigenvalue weighted by atomic mass is 9.95. The molecule has 1 atom stereocenters. The van der Waals surface area contributed by atoms with E-state index in [-0.39, 0.29) is 6.04 Å². The van der Waals surface area contributed by atoms with E-state index < -0.39 is 0 Å². The van der Waals surface area contributed by atoms with E-state index in [1.807, 2.05) is 12.1 Å². The molecule has 5 heteroatoms. The number of ether oxygens (including phenoxy) is 2. The second-order valence-corrected chi connectivity index (χ2v) is 7.12. The number of nitrogens with zero attached hydrogens (tertiary/aromatic N) is 1. The highest BCUT2D eigenvalue weighted by Crippen LogP contribution is 2.38. The predicted molar refractivity (Wildman–Crippen MR) is 105 cm³/mol. The lowest BCUT2D eigenvalue weighted by Crippen LogP contribution is -2.33. The maximum Gasteiger partial charge on any atom is 0.124 e. The van der Waals surface area contributed by atoms with E-state index in [9.17, 15) is 0 Å². The van der Waals surface area contributed by atoms with Crippen molar-refractivity contribution in [3.8, 4) is 11.5 Å². The molecule has 1 N–H and O–H groups in total. The van der Waals surface area contributed by atoms with Gasteiger partial charge in [-0.25, -0.2) is 0 Å². The lowest BCUT2D eigenvalue weighted by molar-refractivity contribution is 0.235. The molecule has 3 rings (SSSR count). The molecule has 1 aliphatic rings. The van der Waals surface area contributed by atoms with Crippen molar-refractivity contribution in [2.45, 2.75) is 12.5 Å².